The molecule has 0 spiro atoms. The average molecular weight is 259 g/mol. The van der Waals surface area contributed by atoms with Gasteiger partial charge in [-0.05, 0) is 38.3 Å². The second-order valence-electron chi connectivity index (χ2n) is 4.05. The highest BCUT2D eigenvalue weighted by atomic mass is 32.2. The Morgan fingerprint density at radius 1 is 1.44 bits per heavy atom. The van der Waals surface area contributed by atoms with Crippen molar-refractivity contribution in [2.24, 2.45) is 5.92 Å². The SMILES string of the molecule is Cc1cc(S(=O)(=O)NC(=O)C2CC2)sc1C. The number of carbonyl (C=O) groups is 1. The highest BCUT2D eigenvalue weighted by Crippen LogP contribution is 2.30. The minimum Gasteiger partial charge on any atom is -0.274 e. The molecule has 16 heavy (non-hydrogen) atoms. The molecule has 1 saturated carbocycles. The van der Waals surface area contributed by atoms with Gasteiger partial charge in [0.15, 0.2) is 0 Å². The third kappa shape index (κ3) is 2.27. The van der Waals surface area contributed by atoms with Crippen LogP contribution in [0.4, 0.5) is 0 Å². The lowest BCUT2D eigenvalue weighted by Crippen LogP contribution is -2.31. The molecule has 1 aromatic heterocycles. The summed E-state index contributed by atoms with van der Waals surface area (Å²) < 4.78 is 26.0. The first-order valence-corrected chi connectivity index (χ1v) is 7.34. The first-order valence-electron chi connectivity index (χ1n) is 5.04. The van der Waals surface area contributed by atoms with Crippen LogP contribution in [0.3, 0.4) is 0 Å². The van der Waals surface area contributed by atoms with Gasteiger partial charge in [-0.25, -0.2) is 13.1 Å². The molecule has 2 rings (SSSR count). The molecule has 88 valence electrons. The molecule has 0 atom stereocenters. The maximum Gasteiger partial charge on any atom is 0.273 e. The lowest BCUT2D eigenvalue weighted by molar-refractivity contribution is -0.120. The first-order chi connectivity index (χ1) is 7.40. The zero-order chi connectivity index (χ0) is 11.9. The Labute approximate surface area is 98.7 Å². The predicted molar refractivity (Wildman–Crippen MR) is 61.8 cm³/mol. The highest BCUT2D eigenvalue weighted by molar-refractivity contribution is 7.92. The Balaban J connectivity index is 2.21. The van der Waals surface area contributed by atoms with Crippen molar-refractivity contribution in [1.29, 1.82) is 0 Å². The molecule has 0 bridgehead atoms. The van der Waals surface area contributed by atoms with Crippen molar-refractivity contribution in [2.45, 2.75) is 30.9 Å². The maximum absolute atomic E-state index is 11.8. The fourth-order valence-electron chi connectivity index (χ4n) is 1.28. The van der Waals surface area contributed by atoms with Gasteiger partial charge in [-0.2, -0.15) is 0 Å². The normalized spacial score (nSPS) is 16.1. The van der Waals surface area contributed by atoms with E-state index in [0.29, 0.717) is 0 Å². The summed E-state index contributed by atoms with van der Waals surface area (Å²) in [4.78, 5) is 12.4. The van der Waals surface area contributed by atoms with Crippen molar-refractivity contribution in [3.63, 3.8) is 0 Å². The lowest BCUT2D eigenvalue weighted by Gasteiger charge is -2.02. The van der Waals surface area contributed by atoms with E-state index in [2.05, 4.69) is 4.72 Å². The van der Waals surface area contributed by atoms with Gasteiger partial charge in [0.25, 0.3) is 10.0 Å². The third-order valence-corrected chi connectivity index (χ3v) is 5.56. The Hall–Kier alpha value is -0.880. The number of aryl methyl sites for hydroxylation is 2. The van der Waals surface area contributed by atoms with Gasteiger partial charge in [-0.3, -0.25) is 4.79 Å². The van der Waals surface area contributed by atoms with E-state index >= 15 is 0 Å². The number of amides is 1. The highest BCUT2D eigenvalue weighted by Gasteiger charge is 2.33. The molecule has 0 saturated heterocycles. The fraction of sp³-hybridized carbons (Fsp3) is 0.500. The zero-order valence-corrected chi connectivity index (χ0v) is 10.7. The summed E-state index contributed by atoms with van der Waals surface area (Å²) in [7, 11) is -3.65. The van der Waals surface area contributed by atoms with Gasteiger partial charge in [0.05, 0.1) is 0 Å². The van der Waals surface area contributed by atoms with Gasteiger partial charge in [-0.15, -0.1) is 11.3 Å². The Morgan fingerprint density at radius 2 is 2.06 bits per heavy atom. The van der Waals surface area contributed by atoms with E-state index in [1.165, 1.54) is 11.3 Å². The number of hydrogen-bond acceptors (Lipinski definition) is 4. The van der Waals surface area contributed by atoms with Crippen LogP contribution in [0.5, 0.6) is 0 Å². The molecule has 1 fully saturated rings. The average Bonchev–Trinajstić information content (AvgIpc) is 2.94. The summed E-state index contributed by atoms with van der Waals surface area (Å²) in [5.41, 5.74) is 0.934. The van der Waals surface area contributed by atoms with Crippen LogP contribution in [-0.4, -0.2) is 14.3 Å². The number of rotatable bonds is 3. The summed E-state index contributed by atoms with van der Waals surface area (Å²) in [6, 6.07) is 1.60. The first kappa shape index (κ1) is 11.6. The van der Waals surface area contributed by atoms with Crippen molar-refractivity contribution >= 4 is 27.3 Å². The number of hydrogen-bond donors (Lipinski definition) is 1. The molecule has 0 unspecified atom stereocenters. The number of nitrogens with one attached hydrogen (secondary N) is 1. The minimum atomic E-state index is -3.65. The largest absolute Gasteiger partial charge is 0.274 e. The van der Waals surface area contributed by atoms with E-state index in [-0.39, 0.29) is 16.0 Å². The Kier molecular flexibility index (Phi) is 2.79. The quantitative estimate of drug-likeness (QED) is 0.896. The van der Waals surface area contributed by atoms with Gasteiger partial charge in [-0.1, -0.05) is 0 Å². The summed E-state index contributed by atoms with van der Waals surface area (Å²) in [6.07, 6.45) is 1.59. The molecule has 6 heteroatoms. The molecule has 1 aromatic rings. The van der Waals surface area contributed by atoms with Crippen LogP contribution in [0.2, 0.25) is 0 Å². The summed E-state index contributed by atoms with van der Waals surface area (Å²) in [6.45, 7) is 3.72. The van der Waals surface area contributed by atoms with E-state index < -0.39 is 10.0 Å². The molecule has 0 aromatic carbocycles. The molecule has 1 N–H and O–H groups in total. The van der Waals surface area contributed by atoms with Gasteiger partial charge in [0.2, 0.25) is 5.91 Å². The standard InChI is InChI=1S/C10H13NO3S2/c1-6-5-9(15-7(6)2)16(13,14)11-10(12)8-3-4-8/h5,8H,3-4H2,1-2H3,(H,11,12). The second-order valence-corrected chi connectivity index (χ2v) is 7.21. The molecule has 0 radical (unpaired) electrons. The van der Waals surface area contributed by atoms with Crippen molar-refractivity contribution < 1.29 is 13.2 Å². The molecule has 1 heterocycles. The summed E-state index contributed by atoms with van der Waals surface area (Å²) >= 11 is 1.19. The fourth-order valence-corrected chi connectivity index (χ4v) is 3.84. The lowest BCUT2D eigenvalue weighted by atomic mass is 10.3. The molecular weight excluding hydrogens is 246 g/mol. The van der Waals surface area contributed by atoms with Crippen LogP contribution >= 0.6 is 11.3 Å². The molecule has 0 aliphatic heterocycles. The monoisotopic (exact) mass is 259 g/mol. The molecule has 1 amide bonds. The van der Waals surface area contributed by atoms with E-state index in [1.807, 2.05) is 13.8 Å². The number of carbonyl (C=O) groups excluding carboxylic acids is 1. The van der Waals surface area contributed by atoms with Crippen LogP contribution in [0.25, 0.3) is 0 Å². The van der Waals surface area contributed by atoms with Crippen LogP contribution in [-0.2, 0) is 14.8 Å². The van der Waals surface area contributed by atoms with Gasteiger partial charge in [0.1, 0.15) is 4.21 Å². The Bertz CT molecular complexity index is 507. The van der Waals surface area contributed by atoms with Crippen molar-refractivity contribution in [1.82, 2.24) is 4.72 Å². The van der Waals surface area contributed by atoms with Crippen LogP contribution in [0.1, 0.15) is 23.3 Å². The van der Waals surface area contributed by atoms with Gasteiger partial charge >= 0.3 is 0 Å². The van der Waals surface area contributed by atoms with E-state index in [0.717, 1.165) is 23.3 Å². The van der Waals surface area contributed by atoms with Crippen LogP contribution in [0.15, 0.2) is 10.3 Å². The van der Waals surface area contributed by atoms with Gasteiger partial charge in [0, 0.05) is 10.8 Å². The van der Waals surface area contributed by atoms with Crippen LogP contribution < -0.4 is 4.72 Å². The van der Waals surface area contributed by atoms with E-state index in [4.69, 9.17) is 0 Å². The van der Waals surface area contributed by atoms with E-state index in [1.54, 1.807) is 6.07 Å². The summed E-state index contributed by atoms with van der Waals surface area (Å²) in [5, 5.41) is 0. The Morgan fingerprint density at radius 3 is 2.50 bits per heavy atom. The van der Waals surface area contributed by atoms with Crippen LogP contribution in [0, 0.1) is 19.8 Å². The molecule has 1 aliphatic rings. The zero-order valence-electron chi connectivity index (χ0n) is 9.11. The molecule has 4 nitrogen and oxygen atoms in total. The minimum absolute atomic E-state index is 0.100. The smallest absolute Gasteiger partial charge is 0.273 e. The maximum atomic E-state index is 11.8. The predicted octanol–water partition coefficient (Wildman–Crippen LogP) is 1.58. The van der Waals surface area contributed by atoms with Crippen molar-refractivity contribution in [2.75, 3.05) is 0 Å². The number of sulfonamides is 1. The summed E-state index contributed by atoms with van der Waals surface area (Å²) in [5.74, 6) is -0.472. The molecular formula is C10H13NO3S2. The topological polar surface area (TPSA) is 63.2 Å². The second kappa shape index (κ2) is 3.85. The number of thiophene rings is 1. The molecule has 1 aliphatic carbocycles. The van der Waals surface area contributed by atoms with Crippen molar-refractivity contribution in [3.8, 4) is 0 Å². The van der Waals surface area contributed by atoms with E-state index in [9.17, 15) is 13.2 Å². The third-order valence-electron chi connectivity index (χ3n) is 2.59. The van der Waals surface area contributed by atoms with Gasteiger partial charge < -0.3 is 0 Å². The van der Waals surface area contributed by atoms with Crippen molar-refractivity contribution in [3.05, 3.63) is 16.5 Å².